The van der Waals surface area contributed by atoms with Crippen molar-refractivity contribution in [1.29, 1.82) is 0 Å². The van der Waals surface area contributed by atoms with Gasteiger partial charge in [-0.25, -0.2) is 9.88 Å². The topological polar surface area (TPSA) is 29.3 Å². The molecule has 2 aromatic carbocycles. The quantitative estimate of drug-likeness (QED) is 0.469. The molecule has 0 spiro atoms. The Balaban J connectivity index is 2.62. The molecule has 0 unspecified atom stereocenters. The van der Waals surface area contributed by atoms with Gasteiger partial charge in [-0.2, -0.15) is 0 Å². The van der Waals surface area contributed by atoms with Crippen LogP contribution in [0.2, 0.25) is 0 Å². The van der Waals surface area contributed by atoms with E-state index in [1.54, 1.807) is 0 Å². The van der Waals surface area contributed by atoms with Gasteiger partial charge in [0.1, 0.15) is 0 Å². The predicted octanol–water partition coefficient (Wildman–Crippen LogP) is 2.83. The van der Waals surface area contributed by atoms with Gasteiger partial charge < -0.3 is 0 Å². The van der Waals surface area contributed by atoms with Gasteiger partial charge in [0.15, 0.2) is 0 Å². The first-order valence-electron chi connectivity index (χ1n) is 3.97. The molecule has 13 heavy (non-hydrogen) atoms. The van der Waals surface area contributed by atoms with Crippen molar-refractivity contribution in [3.8, 4) is 0 Å². The van der Waals surface area contributed by atoms with E-state index in [1.165, 1.54) is 14.8 Å². The van der Waals surface area contributed by atoms with Crippen LogP contribution in [-0.2, 0) is 0 Å². The average Bonchev–Trinajstić information content (AvgIpc) is 2.17. The van der Waals surface area contributed by atoms with Gasteiger partial charge in [0.05, 0.1) is 21.8 Å². The molecule has 0 aliphatic heterocycles. The minimum Gasteiger partial charge on any atom is -0.245 e. The van der Waals surface area contributed by atoms with E-state index in [1.807, 2.05) is 30.3 Å². The number of fused-ring (bicyclic) bond motifs is 1. The number of rotatable bonds is 1. The monoisotopic (exact) mass is 236 g/mol. The maximum Gasteiger partial charge on any atom is 0.0669 e. The molecule has 0 aliphatic carbocycles. The van der Waals surface area contributed by atoms with E-state index in [4.69, 9.17) is 5.84 Å². The van der Waals surface area contributed by atoms with E-state index >= 15 is 0 Å². The summed E-state index contributed by atoms with van der Waals surface area (Å²) in [5.74, 6) is 5.55. The third-order valence-corrected chi connectivity index (χ3v) is 2.39. The van der Waals surface area contributed by atoms with Crippen LogP contribution in [0.5, 0.6) is 0 Å². The Bertz CT molecular complexity index is 426. The molecule has 0 amide bonds. The van der Waals surface area contributed by atoms with Crippen LogP contribution in [0.3, 0.4) is 0 Å². The molecular weight excluding hydrogens is 228 g/mol. The van der Waals surface area contributed by atoms with Gasteiger partial charge in [-0.3, -0.25) is 0 Å². The van der Waals surface area contributed by atoms with Crippen molar-refractivity contribution in [3.05, 3.63) is 42.5 Å². The van der Waals surface area contributed by atoms with E-state index in [0.717, 1.165) is 5.69 Å². The van der Waals surface area contributed by atoms with Crippen LogP contribution in [0.15, 0.2) is 42.5 Å². The molecule has 3 heteroatoms. The average molecular weight is 237 g/mol. The largest absolute Gasteiger partial charge is 0.245 e. The maximum atomic E-state index is 5.55. The van der Waals surface area contributed by atoms with Crippen molar-refractivity contribution in [2.45, 2.75) is 0 Å². The second-order valence-corrected chi connectivity index (χ2v) is 3.61. The summed E-state index contributed by atoms with van der Waals surface area (Å²) in [6.45, 7) is 0. The molecule has 2 nitrogen and oxygen atoms in total. The van der Waals surface area contributed by atoms with E-state index in [9.17, 15) is 0 Å². The Morgan fingerprint density at radius 1 is 1.00 bits per heavy atom. The van der Waals surface area contributed by atoms with Crippen molar-refractivity contribution in [2.75, 3.05) is 4.03 Å². The second kappa shape index (κ2) is 3.36. The number of benzene rings is 2. The molecule has 0 aliphatic rings. The Morgan fingerprint density at radius 2 is 1.69 bits per heavy atom. The van der Waals surface area contributed by atoms with E-state index in [-0.39, 0.29) is 0 Å². The lowest BCUT2D eigenvalue weighted by atomic mass is 10.1. The van der Waals surface area contributed by atoms with Crippen LogP contribution < -0.4 is 9.88 Å². The number of hydrazine groups is 1. The van der Waals surface area contributed by atoms with Crippen LogP contribution in [0.4, 0.5) is 5.69 Å². The lowest BCUT2D eigenvalue weighted by molar-refractivity contribution is 1.23. The number of hydrogen-bond acceptors (Lipinski definition) is 2. The van der Waals surface area contributed by atoms with Gasteiger partial charge in [0.25, 0.3) is 0 Å². The van der Waals surface area contributed by atoms with Crippen molar-refractivity contribution >= 4 is 32.6 Å². The molecule has 0 aromatic heterocycles. The van der Waals surface area contributed by atoms with Crippen LogP contribution in [0.25, 0.3) is 10.8 Å². The number of nitrogens with zero attached hydrogens (tertiary/aromatic N) is 1. The van der Waals surface area contributed by atoms with Crippen molar-refractivity contribution < 1.29 is 0 Å². The van der Waals surface area contributed by atoms with Gasteiger partial charge in [0.2, 0.25) is 0 Å². The number of hydrogen-bond donors (Lipinski definition) is 1. The van der Waals surface area contributed by atoms with E-state index in [2.05, 4.69) is 28.3 Å². The highest BCUT2D eigenvalue weighted by Crippen LogP contribution is 2.21. The summed E-state index contributed by atoms with van der Waals surface area (Å²) in [7, 11) is 0. The van der Waals surface area contributed by atoms with Gasteiger partial charge in [-0.15, -0.1) is 0 Å². The first-order chi connectivity index (χ1) is 6.27. The summed E-state index contributed by atoms with van der Waals surface area (Å²) < 4.78 is 1.43. The van der Waals surface area contributed by atoms with Crippen molar-refractivity contribution in [3.63, 3.8) is 0 Å². The molecule has 2 aromatic rings. The van der Waals surface area contributed by atoms with Gasteiger partial charge >= 0.3 is 0 Å². The Morgan fingerprint density at radius 3 is 2.38 bits per heavy atom. The Hall–Kier alpha value is -1.06. The molecule has 0 radical (unpaired) electrons. The molecule has 0 atom stereocenters. The fraction of sp³-hybridized carbons (Fsp3) is 0. The fourth-order valence-corrected chi connectivity index (χ4v) is 1.53. The van der Waals surface area contributed by atoms with Crippen molar-refractivity contribution in [2.24, 2.45) is 5.84 Å². The summed E-state index contributed by atoms with van der Waals surface area (Å²) in [6, 6.07) is 14.2. The molecule has 66 valence electrons. The summed E-state index contributed by atoms with van der Waals surface area (Å²) in [5, 5.41) is 2.41. The Kier molecular flexibility index (Phi) is 2.20. The molecule has 2 rings (SSSR count). The van der Waals surface area contributed by atoms with Crippen LogP contribution in [0, 0.1) is 0 Å². The number of anilines is 1. The van der Waals surface area contributed by atoms with Gasteiger partial charge in [-0.05, 0) is 22.9 Å². The lowest BCUT2D eigenvalue weighted by Gasteiger charge is -2.09. The Labute approximate surface area is 85.3 Å². The minimum absolute atomic E-state index is 0.943. The van der Waals surface area contributed by atoms with Gasteiger partial charge in [0, 0.05) is 0 Å². The van der Waals surface area contributed by atoms with Gasteiger partial charge in [-0.1, -0.05) is 30.3 Å². The molecule has 0 heterocycles. The third kappa shape index (κ3) is 1.66. The van der Waals surface area contributed by atoms with Crippen LogP contribution in [0.1, 0.15) is 0 Å². The maximum absolute atomic E-state index is 5.55. The first-order valence-corrected chi connectivity index (χ1v) is 4.68. The molecule has 2 N–H and O–H groups in total. The molecule has 0 saturated heterocycles. The summed E-state index contributed by atoms with van der Waals surface area (Å²) in [6.07, 6.45) is 0. The van der Waals surface area contributed by atoms with Crippen LogP contribution >= 0.6 is 16.1 Å². The van der Waals surface area contributed by atoms with E-state index < -0.39 is 0 Å². The second-order valence-electron chi connectivity index (χ2n) is 2.84. The highest BCUT2D eigenvalue weighted by molar-refractivity contribution is 9.10. The fourth-order valence-electron chi connectivity index (χ4n) is 1.31. The lowest BCUT2D eigenvalue weighted by Crippen LogP contribution is -2.17. The number of halogens is 1. The smallest absolute Gasteiger partial charge is 0.0669 e. The molecule has 0 fully saturated rings. The standard InChI is InChI=1S/C10H9BrN2/c11-13(12)10-6-5-8-3-1-2-4-9(8)7-10/h1-7H,12H2. The first kappa shape index (κ1) is 8.53. The summed E-state index contributed by atoms with van der Waals surface area (Å²) in [5.41, 5.74) is 0.943. The zero-order chi connectivity index (χ0) is 9.26. The minimum atomic E-state index is 0.943. The zero-order valence-electron chi connectivity index (χ0n) is 6.94. The number of nitrogens with two attached hydrogens (primary N) is 1. The predicted molar refractivity (Wildman–Crippen MR) is 59.5 cm³/mol. The molecular formula is C10H9BrN2. The summed E-state index contributed by atoms with van der Waals surface area (Å²) in [4.78, 5) is 0. The zero-order valence-corrected chi connectivity index (χ0v) is 8.53. The van der Waals surface area contributed by atoms with Crippen molar-refractivity contribution in [1.82, 2.24) is 0 Å². The highest BCUT2D eigenvalue weighted by atomic mass is 79.9. The van der Waals surface area contributed by atoms with Crippen LogP contribution in [-0.4, -0.2) is 0 Å². The summed E-state index contributed by atoms with van der Waals surface area (Å²) >= 11 is 3.18. The normalized spacial score (nSPS) is 10.3. The third-order valence-electron chi connectivity index (χ3n) is 1.98. The SMILES string of the molecule is NN(Br)c1ccc2ccccc2c1. The van der Waals surface area contributed by atoms with E-state index in [0.29, 0.717) is 0 Å². The molecule has 0 bridgehead atoms. The molecule has 0 saturated carbocycles. The highest BCUT2D eigenvalue weighted by Gasteiger charge is 1.97.